The number of ketones is 1. The first-order chi connectivity index (χ1) is 8.87. The van der Waals surface area contributed by atoms with Crippen molar-refractivity contribution in [1.29, 1.82) is 0 Å². The van der Waals surface area contributed by atoms with Gasteiger partial charge >= 0.3 is 6.36 Å². The first-order valence-electron chi connectivity index (χ1n) is 5.00. The van der Waals surface area contributed by atoms with E-state index in [4.69, 9.17) is 11.6 Å². The maximum atomic E-state index is 12.1. The van der Waals surface area contributed by atoms with Crippen LogP contribution in [0.4, 0.5) is 13.2 Å². The molecule has 1 heterocycles. The number of thiophene rings is 1. The van der Waals surface area contributed by atoms with Crippen LogP contribution in [-0.4, -0.2) is 12.1 Å². The lowest BCUT2D eigenvalue weighted by Gasteiger charge is -2.09. The van der Waals surface area contributed by atoms with E-state index in [0.717, 1.165) is 23.5 Å². The zero-order valence-electron chi connectivity index (χ0n) is 9.20. The molecule has 2 nitrogen and oxygen atoms in total. The van der Waals surface area contributed by atoms with Gasteiger partial charge in [-0.1, -0.05) is 23.7 Å². The lowest BCUT2D eigenvalue weighted by atomic mass is 10.1. The fraction of sp³-hybridized carbons (Fsp3) is 0.0833. The van der Waals surface area contributed by atoms with E-state index in [1.54, 1.807) is 11.4 Å². The summed E-state index contributed by atoms with van der Waals surface area (Å²) >= 11 is 6.94. The van der Waals surface area contributed by atoms with E-state index in [-0.39, 0.29) is 15.5 Å². The normalized spacial score (nSPS) is 11.4. The second-order valence-corrected chi connectivity index (χ2v) is 4.83. The van der Waals surface area contributed by atoms with E-state index in [2.05, 4.69) is 4.74 Å². The van der Waals surface area contributed by atoms with Crippen LogP contribution >= 0.6 is 22.9 Å². The number of hydrogen-bond donors (Lipinski definition) is 0. The zero-order chi connectivity index (χ0) is 14.0. The Morgan fingerprint density at radius 1 is 1.26 bits per heavy atom. The molecule has 100 valence electrons. The van der Waals surface area contributed by atoms with Gasteiger partial charge in [0.1, 0.15) is 5.75 Å². The summed E-state index contributed by atoms with van der Waals surface area (Å²) < 4.78 is 40.0. The molecule has 7 heteroatoms. The Balaban J connectivity index is 2.29. The van der Waals surface area contributed by atoms with Crippen molar-refractivity contribution in [1.82, 2.24) is 0 Å². The van der Waals surface area contributed by atoms with Crippen LogP contribution in [0.25, 0.3) is 0 Å². The number of benzene rings is 1. The molecule has 0 amide bonds. The molecule has 0 saturated carbocycles. The average Bonchev–Trinajstić information content (AvgIpc) is 2.72. The number of carbonyl (C=O) groups is 1. The fourth-order valence-corrected chi connectivity index (χ4v) is 2.52. The summed E-state index contributed by atoms with van der Waals surface area (Å²) in [4.78, 5) is 12.3. The molecule has 2 aromatic rings. The molecule has 0 unspecified atom stereocenters. The van der Waals surface area contributed by atoms with Crippen molar-refractivity contribution in [2.45, 2.75) is 6.36 Å². The molecule has 0 spiro atoms. The number of ether oxygens (including phenoxy) is 1. The summed E-state index contributed by atoms with van der Waals surface area (Å²) in [5, 5.41) is 1.91. The van der Waals surface area contributed by atoms with E-state index in [0.29, 0.717) is 0 Å². The van der Waals surface area contributed by atoms with E-state index in [1.165, 1.54) is 12.1 Å². The van der Waals surface area contributed by atoms with Gasteiger partial charge in [0.2, 0.25) is 5.78 Å². The Bertz CT molecular complexity index is 607. The summed E-state index contributed by atoms with van der Waals surface area (Å²) in [6, 6.07) is 6.43. The molecule has 0 fully saturated rings. The summed E-state index contributed by atoms with van der Waals surface area (Å²) in [7, 11) is 0. The van der Waals surface area contributed by atoms with Gasteiger partial charge in [-0.2, -0.15) is 0 Å². The summed E-state index contributed by atoms with van der Waals surface area (Å²) in [5.41, 5.74) is 0.0890. The third-order valence-corrected chi connectivity index (χ3v) is 3.49. The van der Waals surface area contributed by atoms with Crippen LogP contribution in [0.1, 0.15) is 15.2 Å². The predicted molar refractivity (Wildman–Crippen MR) is 65.9 cm³/mol. The van der Waals surface area contributed by atoms with Gasteiger partial charge in [-0.15, -0.1) is 24.5 Å². The Kier molecular flexibility index (Phi) is 3.82. The van der Waals surface area contributed by atoms with Gasteiger partial charge in [0.05, 0.1) is 9.90 Å². The molecule has 0 atom stereocenters. The van der Waals surface area contributed by atoms with Crippen molar-refractivity contribution in [3.8, 4) is 5.75 Å². The number of hydrogen-bond acceptors (Lipinski definition) is 3. The highest BCUT2D eigenvalue weighted by atomic mass is 35.5. The van der Waals surface area contributed by atoms with Gasteiger partial charge in [0.25, 0.3) is 0 Å². The summed E-state index contributed by atoms with van der Waals surface area (Å²) in [6.07, 6.45) is -4.79. The number of halogens is 4. The van der Waals surface area contributed by atoms with Gasteiger partial charge in [0, 0.05) is 5.56 Å². The Morgan fingerprint density at radius 2 is 2.00 bits per heavy atom. The molecule has 0 radical (unpaired) electrons. The van der Waals surface area contributed by atoms with E-state index < -0.39 is 17.9 Å². The molecular formula is C12H6ClF3O2S. The maximum absolute atomic E-state index is 12.1. The smallest absolute Gasteiger partial charge is 0.406 e. The van der Waals surface area contributed by atoms with Gasteiger partial charge < -0.3 is 4.74 Å². The van der Waals surface area contributed by atoms with Crippen molar-refractivity contribution in [2.24, 2.45) is 0 Å². The highest BCUT2D eigenvalue weighted by Crippen LogP contribution is 2.28. The maximum Gasteiger partial charge on any atom is 0.573 e. The van der Waals surface area contributed by atoms with Crippen LogP contribution in [0.15, 0.2) is 35.7 Å². The minimum atomic E-state index is -4.79. The van der Waals surface area contributed by atoms with Crippen molar-refractivity contribution < 1.29 is 22.7 Å². The molecule has 0 N–H and O–H groups in total. The molecule has 19 heavy (non-hydrogen) atoms. The highest BCUT2D eigenvalue weighted by Gasteiger charge is 2.31. The molecule has 0 saturated heterocycles. The van der Waals surface area contributed by atoms with Crippen molar-refractivity contribution in [2.75, 3.05) is 0 Å². The van der Waals surface area contributed by atoms with Crippen LogP contribution in [0.3, 0.4) is 0 Å². The Hall–Kier alpha value is -1.53. The summed E-state index contributed by atoms with van der Waals surface area (Å²) in [5.74, 6) is -0.876. The summed E-state index contributed by atoms with van der Waals surface area (Å²) in [6.45, 7) is 0. The number of carbonyl (C=O) groups excluding carboxylic acids is 1. The lowest BCUT2D eigenvalue weighted by Crippen LogP contribution is -2.17. The van der Waals surface area contributed by atoms with E-state index in [1.807, 2.05) is 0 Å². The van der Waals surface area contributed by atoms with Gasteiger partial charge in [0.15, 0.2) is 0 Å². The highest BCUT2D eigenvalue weighted by molar-refractivity contribution is 7.13. The molecule has 0 aliphatic heterocycles. The standard InChI is InChI=1S/C12H6ClF3O2S/c13-9-4-5-19-11(9)10(17)7-2-1-3-8(6-7)18-12(14,15)16/h1-6H. The SMILES string of the molecule is O=C(c1cccc(OC(F)(F)F)c1)c1sccc1Cl. The van der Waals surface area contributed by atoms with Crippen molar-refractivity contribution in [3.05, 3.63) is 51.2 Å². The number of rotatable bonds is 3. The molecule has 1 aromatic heterocycles. The third kappa shape index (κ3) is 3.48. The number of alkyl halides is 3. The quantitative estimate of drug-likeness (QED) is 0.779. The van der Waals surface area contributed by atoms with Crippen molar-refractivity contribution in [3.63, 3.8) is 0 Å². The molecule has 2 rings (SSSR count). The van der Waals surface area contributed by atoms with Crippen molar-refractivity contribution >= 4 is 28.7 Å². The molecular weight excluding hydrogens is 301 g/mol. The van der Waals surface area contributed by atoms with E-state index >= 15 is 0 Å². The fourth-order valence-electron chi connectivity index (χ4n) is 1.42. The van der Waals surface area contributed by atoms with Gasteiger partial charge in [-0.05, 0) is 23.6 Å². The van der Waals surface area contributed by atoms with Crippen LogP contribution in [-0.2, 0) is 0 Å². The topological polar surface area (TPSA) is 26.3 Å². The van der Waals surface area contributed by atoms with Gasteiger partial charge in [-0.3, -0.25) is 4.79 Å². The second kappa shape index (κ2) is 5.22. The first kappa shape index (κ1) is 13.9. The Labute approximate surface area is 115 Å². The minimum Gasteiger partial charge on any atom is -0.406 e. The lowest BCUT2D eigenvalue weighted by molar-refractivity contribution is -0.274. The first-order valence-corrected chi connectivity index (χ1v) is 6.26. The van der Waals surface area contributed by atoms with Crippen LogP contribution in [0.2, 0.25) is 5.02 Å². The minimum absolute atomic E-state index is 0.0890. The molecule has 1 aromatic carbocycles. The molecule has 0 aliphatic rings. The van der Waals surface area contributed by atoms with Crippen LogP contribution < -0.4 is 4.74 Å². The third-order valence-electron chi connectivity index (χ3n) is 2.15. The largest absolute Gasteiger partial charge is 0.573 e. The van der Waals surface area contributed by atoms with Crippen LogP contribution in [0.5, 0.6) is 5.75 Å². The van der Waals surface area contributed by atoms with Crippen LogP contribution in [0, 0.1) is 0 Å². The zero-order valence-corrected chi connectivity index (χ0v) is 10.8. The average molecular weight is 307 g/mol. The molecule has 0 aliphatic carbocycles. The molecule has 0 bridgehead atoms. The second-order valence-electron chi connectivity index (χ2n) is 3.50. The predicted octanol–water partition coefficient (Wildman–Crippen LogP) is 4.53. The van der Waals surface area contributed by atoms with Gasteiger partial charge in [-0.25, -0.2) is 0 Å². The monoisotopic (exact) mass is 306 g/mol. The van der Waals surface area contributed by atoms with E-state index in [9.17, 15) is 18.0 Å². The Morgan fingerprint density at radius 3 is 2.58 bits per heavy atom.